The number of hydrogen-bond donors (Lipinski definition) is 2. The second kappa shape index (κ2) is 37.8. The van der Waals surface area contributed by atoms with Crippen LogP contribution in [0.2, 0.25) is 0 Å². The number of phosphoric ester groups is 1. The van der Waals surface area contributed by atoms with Crippen molar-refractivity contribution in [1.29, 1.82) is 0 Å². The first kappa shape index (κ1) is 53.2. The minimum Gasteiger partial charge on any atom is -0.756 e. The number of aliphatic hydroxyl groups excluding tert-OH is 1. The summed E-state index contributed by atoms with van der Waals surface area (Å²) in [5.74, 6) is -0.224. The van der Waals surface area contributed by atoms with Crippen molar-refractivity contribution < 1.29 is 32.9 Å². The van der Waals surface area contributed by atoms with Crippen molar-refractivity contribution in [2.75, 3.05) is 40.9 Å². The third-order valence-corrected chi connectivity index (χ3v) is 10.4. The molecule has 0 saturated heterocycles. The van der Waals surface area contributed by atoms with Crippen molar-refractivity contribution in [2.24, 2.45) is 0 Å². The summed E-state index contributed by atoms with van der Waals surface area (Å²) < 4.78 is 23.1. The summed E-state index contributed by atoms with van der Waals surface area (Å²) in [5.41, 5.74) is 0. The lowest BCUT2D eigenvalue weighted by Gasteiger charge is -2.29. The maximum absolute atomic E-state index is 12.8. The minimum atomic E-state index is -4.60. The number of hydrogen-bond acceptors (Lipinski definition) is 6. The van der Waals surface area contributed by atoms with Gasteiger partial charge in [-0.15, -0.1) is 0 Å². The molecule has 9 heteroatoms. The molecule has 55 heavy (non-hydrogen) atoms. The molecule has 0 radical (unpaired) electrons. The zero-order valence-electron chi connectivity index (χ0n) is 36.1. The third-order valence-electron chi connectivity index (χ3n) is 9.44. The summed E-state index contributed by atoms with van der Waals surface area (Å²) in [6, 6.07) is -0.913. The van der Waals surface area contributed by atoms with E-state index in [4.69, 9.17) is 9.05 Å². The average molecular weight is 793 g/mol. The highest BCUT2D eigenvalue weighted by Crippen LogP contribution is 2.38. The number of rotatable bonds is 39. The van der Waals surface area contributed by atoms with Gasteiger partial charge in [-0.05, 0) is 70.6 Å². The minimum absolute atomic E-state index is 0.0133. The Morgan fingerprint density at radius 3 is 1.65 bits per heavy atom. The molecule has 320 valence electrons. The maximum Gasteiger partial charge on any atom is 0.268 e. The highest BCUT2D eigenvalue weighted by molar-refractivity contribution is 7.45. The van der Waals surface area contributed by atoms with E-state index in [0.29, 0.717) is 17.4 Å². The molecule has 0 bridgehead atoms. The lowest BCUT2D eigenvalue weighted by atomic mass is 10.1. The Bertz CT molecular complexity index is 1080. The molecule has 0 spiro atoms. The molecule has 2 N–H and O–H groups in total. The van der Waals surface area contributed by atoms with Crippen LogP contribution in [-0.4, -0.2) is 68.5 Å². The first-order valence-corrected chi connectivity index (χ1v) is 23.6. The van der Waals surface area contributed by atoms with E-state index in [9.17, 15) is 19.4 Å². The summed E-state index contributed by atoms with van der Waals surface area (Å²) in [5, 5.41) is 13.7. The Morgan fingerprint density at radius 1 is 0.655 bits per heavy atom. The van der Waals surface area contributed by atoms with Crippen molar-refractivity contribution in [1.82, 2.24) is 5.32 Å². The van der Waals surface area contributed by atoms with E-state index in [2.05, 4.69) is 67.8 Å². The van der Waals surface area contributed by atoms with Gasteiger partial charge in [0.1, 0.15) is 13.2 Å². The maximum atomic E-state index is 12.8. The van der Waals surface area contributed by atoms with Gasteiger partial charge in [0.05, 0.1) is 39.9 Å². The number of phosphoric acid groups is 1. The van der Waals surface area contributed by atoms with Crippen LogP contribution in [0.25, 0.3) is 0 Å². The summed E-state index contributed by atoms with van der Waals surface area (Å²) in [7, 11) is 1.22. The summed E-state index contributed by atoms with van der Waals surface area (Å²) in [4.78, 5) is 25.2. The van der Waals surface area contributed by atoms with Gasteiger partial charge in [-0.3, -0.25) is 9.36 Å². The number of aliphatic hydroxyl groups is 1. The van der Waals surface area contributed by atoms with Crippen LogP contribution in [0.1, 0.15) is 174 Å². The van der Waals surface area contributed by atoms with E-state index in [1.807, 2.05) is 27.2 Å². The van der Waals surface area contributed by atoms with Crippen molar-refractivity contribution in [2.45, 2.75) is 187 Å². The lowest BCUT2D eigenvalue weighted by Crippen LogP contribution is -2.45. The van der Waals surface area contributed by atoms with Crippen LogP contribution in [-0.2, 0) is 18.4 Å². The molecule has 1 amide bonds. The molecule has 3 unspecified atom stereocenters. The Hall–Kier alpha value is -1.80. The Kier molecular flexibility index (Phi) is 36.5. The summed E-state index contributed by atoms with van der Waals surface area (Å²) >= 11 is 0. The predicted octanol–water partition coefficient (Wildman–Crippen LogP) is 11.6. The first-order chi connectivity index (χ1) is 26.5. The van der Waals surface area contributed by atoms with Gasteiger partial charge < -0.3 is 28.8 Å². The second-order valence-corrected chi connectivity index (χ2v) is 17.4. The van der Waals surface area contributed by atoms with Gasteiger partial charge >= 0.3 is 0 Å². The molecule has 8 nitrogen and oxygen atoms in total. The van der Waals surface area contributed by atoms with Crippen LogP contribution in [0.15, 0.2) is 60.8 Å². The highest BCUT2D eigenvalue weighted by Gasteiger charge is 2.23. The molecule has 0 rings (SSSR count). The Balaban J connectivity index is 4.32. The van der Waals surface area contributed by atoms with Crippen LogP contribution >= 0.6 is 7.82 Å². The number of nitrogens with one attached hydrogen (secondary N) is 1. The fraction of sp³-hybridized carbons (Fsp3) is 0.761. The van der Waals surface area contributed by atoms with Crippen LogP contribution in [0.4, 0.5) is 0 Å². The highest BCUT2D eigenvalue weighted by atomic mass is 31.2. The SMILES string of the molecule is CC/C=C/CC/C=C/CC/C=C/C(O)C(COP(=O)([O-])OCC[N+](C)(C)C)NC(=O)CCCCCCCCC/C=C\C/C=C\CCCCCCCCCCC. The van der Waals surface area contributed by atoms with E-state index in [1.165, 1.54) is 83.5 Å². The molecule has 0 aromatic heterocycles. The number of carbonyl (C=O) groups excluding carboxylic acids is 1. The van der Waals surface area contributed by atoms with Crippen molar-refractivity contribution >= 4 is 13.7 Å². The molecular formula is C46H85N2O6P. The first-order valence-electron chi connectivity index (χ1n) is 22.2. The van der Waals surface area contributed by atoms with Gasteiger partial charge in [0.25, 0.3) is 7.82 Å². The van der Waals surface area contributed by atoms with E-state index >= 15 is 0 Å². The molecule has 0 aromatic carbocycles. The largest absolute Gasteiger partial charge is 0.756 e. The zero-order valence-corrected chi connectivity index (χ0v) is 37.0. The zero-order chi connectivity index (χ0) is 40.7. The van der Waals surface area contributed by atoms with Crippen molar-refractivity contribution in [3.05, 3.63) is 60.8 Å². The number of allylic oxidation sites excluding steroid dienone is 9. The quantitative estimate of drug-likeness (QED) is 0.0278. The number of likely N-dealkylation sites (N-methyl/N-ethyl adjacent to an activating group) is 1. The van der Waals surface area contributed by atoms with E-state index in [0.717, 1.165) is 70.6 Å². The normalized spacial score (nSPS) is 15.0. The molecule has 0 fully saturated rings. The Morgan fingerprint density at radius 2 is 1.13 bits per heavy atom. The van der Waals surface area contributed by atoms with E-state index in [1.54, 1.807) is 6.08 Å². The summed E-state index contributed by atoms with van der Waals surface area (Å²) in [6.07, 6.45) is 48.6. The molecule has 0 aliphatic carbocycles. The van der Waals surface area contributed by atoms with Crippen molar-refractivity contribution in [3.63, 3.8) is 0 Å². The van der Waals surface area contributed by atoms with Gasteiger partial charge in [0.2, 0.25) is 5.91 Å². The Labute approximate surface area is 339 Å². The smallest absolute Gasteiger partial charge is 0.268 e. The standard InChI is InChI=1S/C46H85N2O6P/c1-6-8-10-12-14-16-18-19-20-21-22-23-24-25-26-27-28-29-30-32-34-36-38-40-46(50)47-44(43-54-55(51,52)53-42-41-48(3,4)5)45(49)39-37-35-33-31-17-15-13-11-9-7-2/h9,11,17,22-23,25-26,31,37,39,44-45,49H,6-8,10,12-16,18-21,24,27-30,32-36,38,40-43H2,1-5H3,(H-,47,50,51,52)/b11-9+,23-22-,26-25-,31-17+,39-37+. The van der Waals surface area contributed by atoms with Crippen LogP contribution in [0.3, 0.4) is 0 Å². The summed E-state index contributed by atoms with van der Waals surface area (Å²) in [6.45, 7) is 4.47. The monoisotopic (exact) mass is 793 g/mol. The molecule has 0 aliphatic heterocycles. The third kappa shape index (κ3) is 40.2. The van der Waals surface area contributed by atoms with Crippen LogP contribution in [0.5, 0.6) is 0 Å². The number of carbonyl (C=O) groups is 1. The molecule has 3 atom stereocenters. The lowest BCUT2D eigenvalue weighted by molar-refractivity contribution is -0.870. The van der Waals surface area contributed by atoms with E-state index in [-0.39, 0.29) is 12.5 Å². The van der Waals surface area contributed by atoms with Gasteiger partial charge in [-0.2, -0.15) is 0 Å². The molecule has 0 saturated carbocycles. The van der Waals surface area contributed by atoms with Gasteiger partial charge in [0, 0.05) is 6.42 Å². The van der Waals surface area contributed by atoms with Gasteiger partial charge in [-0.25, -0.2) is 0 Å². The number of unbranched alkanes of at least 4 members (excludes halogenated alkanes) is 18. The topological polar surface area (TPSA) is 108 Å². The fourth-order valence-corrected chi connectivity index (χ4v) is 6.65. The van der Waals surface area contributed by atoms with Crippen molar-refractivity contribution in [3.8, 4) is 0 Å². The fourth-order valence-electron chi connectivity index (χ4n) is 5.93. The molecule has 0 aromatic rings. The second-order valence-electron chi connectivity index (χ2n) is 16.0. The molecule has 0 aliphatic rings. The number of nitrogens with zero attached hydrogens (tertiary/aromatic N) is 1. The predicted molar refractivity (Wildman–Crippen MR) is 233 cm³/mol. The van der Waals surface area contributed by atoms with Gasteiger partial charge in [0.15, 0.2) is 0 Å². The van der Waals surface area contributed by atoms with Crippen LogP contribution < -0.4 is 10.2 Å². The number of quaternary nitrogens is 1. The van der Waals surface area contributed by atoms with Crippen LogP contribution in [0, 0.1) is 0 Å². The molecule has 0 heterocycles. The molecular weight excluding hydrogens is 707 g/mol. The van der Waals surface area contributed by atoms with E-state index < -0.39 is 26.6 Å². The number of amides is 1. The van der Waals surface area contributed by atoms with Gasteiger partial charge in [-0.1, -0.05) is 158 Å². The average Bonchev–Trinajstić information content (AvgIpc) is 3.13.